The van der Waals surface area contributed by atoms with Gasteiger partial charge in [0.15, 0.2) is 6.29 Å². The van der Waals surface area contributed by atoms with Crippen molar-refractivity contribution in [3.05, 3.63) is 72.9 Å². The maximum atomic E-state index is 12.9. The fourth-order valence-corrected chi connectivity index (χ4v) is 7.53. The highest BCUT2D eigenvalue weighted by molar-refractivity contribution is 5.76. The number of carbonyl (C=O) groups is 2. The molecule has 1 fully saturated rings. The second-order valence-electron chi connectivity index (χ2n) is 17.8. The van der Waals surface area contributed by atoms with Crippen LogP contribution < -0.4 is 5.32 Å². The van der Waals surface area contributed by atoms with Crippen LogP contribution in [0.25, 0.3) is 0 Å². The third-order valence-electron chi connectivity index (χ3n) is 11.8. The van der Waals surface area contributed by atoms with Crippen molar-refractivity contribution in [3.63, 3.8) is 0 Å². The van der Waals surface area contributed by atoms with Crippen LogP contribution in [0.4, 0.5) is 0 Å². The third-order valence-corrected chi connectivity index (χ3v) is 11.8. The number of aliphatic hydroxyl groups is 5. The van der Waals surface area contributed by atoms with E-state index in [-0.39, 0.29) is 24.9 Å². The van der Waals surface area contributed by atoms with Crippen molar-refractivity contribution in [1.29, 1.82) is 0 Å². The predicted octanol–water partition coefficient (Wildman–Crippen LogP) is 10.9. The zero-order valence-electron chi connectivity index (χ0n) is 41.4. The van der Waals surface area contributed by atoms with Crippen LogP contribution in [0.5, 0.6) is 0 Å². The van der Waals surface area contributed by atoms with Gasteiger partial charge in [-0.05, 0) is 96.3 Å². The zero-order valence-corrected chi connectivity index (χ0v) is 41.4. The standard InChI is InChI=1S/C55H95NO10/c1-3-5-7-9-11-13-14-15-16-17-20-23-27-31-35-39-43-51(60)64-44-40-36-32-28-24-21-18-19-22-26-30-34-38-42-50(59)56-47(48(58)41-37-33-29-25-12-10-8-6-4-2)46-65-55-54(63)53(62)52(61)49(45-57)66-55/h12-14,16-17,19,22,25,30,34,37,41,47-49,52-55,57-58,61-63H,3-11,15,18,20-21,23-24,26-29,31-33,35-36,38-40,42-46H2,1-2H3,(H,56,59)/b14-13-,17-16-,22-19-,25-12+,34-30-,41-37+. The summed E-state index contributed by atoms with van der Waals surface area (Å²) in [7, 11) is 0. The Morgan fingerprint density at radius 1 is 0.561 bits per heavy atom. The number of nitrogens with one attached hydrogen (secondary N) is 1. The first-order valence-electron chi connectivity index (χ1n) is 26.2. The van der Waals surface area contributed by atoms with Gasteiger partial charge in [0.05, 0.1) is 32.0 Å². The van der Waals surface area contributed by atoms with Gasteiger partial charge in [0.25, 0.3) is 0 Å². The van der Waals surface area contributed by atoms with Gasteiger partial charge < -0.3 is 45.1 Å². The molecule has 0 bridgehead atoms. The van der Waals surface area contributed by atoms with Crippen molar-refractivity contribution in [2.45, 2.75) is 243 Å². The number of rotatable bonds is 43. The van der Waals surface area contributed by atoms with E-state index in [0.29, 0.717) is 25.9 Å². The average Bonchev–Trinajstić information content (AvgIpc) is 3.31. The van der Waals surface area contributed by atoms with E-state index in [1.165, 1.54) is 83.5 Å². The molecule has 380 valence electrons. The lowest BCUT2D eigenvalue weighted by Crippen LogP contribution is -2.60. The van der Waals surface area contributed by atoms with Gasteiger partial charge in [0, 0.05) is 12.8 Å². The van der Waals surface area contributed by atoms with E-state index in [1.54, 1.807) is 6.08 Å². The molecule has 1 amide bonds. The second kappa shape index (κ2) is 44.6. The van der Waals surface area contributed by atoms with Crippen LogP contribution in [0.15, 0.2) is 72.9 Å². The Balaban J connectivity index is 2.17. The van der Waals surface area contributed by atoms with Crippen molar-refractivity contribution in [2.24, 2.45) is 0 Å². The summed E-state index contributed by atoms with van der Waals surface area (Å²) >= 11 is 0. The van der Waals surface area contributed by atoms with Gasteiger partial charge in [0.2, 0.25) is 5.91 Å². The number of hydrogen-bond donors (Lipinski definition) is 6. The molecule has 6 N–H and O–H groups in total. The fraction of sp³-hybridized carbons (Fsp3) is 0.745. The Morgan fingerprint density at radius 2 is 1.05 bits per heavy atom. The molecule has 7 atom stereocenters. The van der Waals surface area contributed by atoms with Crippen LogP contribution in [-0.4, -0.2) is 100 Å². The van der Waals surface area contributed by atoms with Gasteiger partial charge in [-0.3, -0.25) is 9.59 Å². The van der Waals surface area contributed by atoms with E-state index in [1.807, 2.05) is 18.2 Å². The van der Waals surface area contributed by atoms with E-state index in [4.69, 9.17) is 14.2 Å². The summed E-state index contributed by atoms with van der Waals surface area (Å²) in [5.74, 6) is -0.334. The lowest BCUT2D eigenvalue weighted by molar-refractivity contribution is -0.302. The Hall–Kier alpha value is -2.90. The lowest BCUT2D eigenvalue weighted by atomic mass is 9.99. The van der Waals surface area contributed by atoms with Gasteiger partial charge in [-0.2, -0.15) is 0 Å². The predicted molar refractivity (Wildman–Crippen MR) is 269 cm³/mol. The van der Waals surface area contributed by atoms with Crippen LogP contribution in [0, 0.1) is 0 Å². The molecule has 11 heteroatoms. The number of allylic oxidation sites excluding steroid dienone is 11. The Kier molecular flexibility index (Phi) is 41.3. The number of hydrogen-bond acceptors (Lipinski definition) is 10. The Morgan fingerprint density at radius 3 is 1.65 bits per heavy atom. The van der Waals surface area contributed by atoms with E-state index >= 15 is 0 Å². The van der Waals surface area contributed by atoms with Crippen LogP contribution in [0.3, 0.4) is 0 Å². The average molecular weight is 930 g/mol. The number of esters is 1. The zero-order chi connectivity index (χ0) is 48.1. The normalized spacial score (nSPS) is 20.3. The van der Waals surface area contributed by atoms with Crippen molar-refractivity contribution < 1.29 is 49.3 Å². The van der Waals surface area contributed by atoms with Crippen molar-refractivity contribution >= 4 is 11.9 Å². The Bertz CT molecular complexity index is 1330. The van der Waals surface area contributed by atoms with E-state index in [9.17, 15) is 35.1 Å². The molecule has 1 rings (SSSR count). The summed E-state index contributed by atoms with van der Waals surface area (Å²) < 4.78 is 16.6. The SMILES string of the molecule is CCCCC/C=C/CC/C=C/C(O)C(COC1OC(CO)C(O)C(O)C1O)NC(=O)CC/C=C\C/C=C\CCCCCCCCOC(=O)CCCCCCC/C=C\C/C=C\CCCCCC. The molecule has 11 nitrogen and oxygen atoms in total. The molecule has 0 aromatic heterocycles. The number of carbonyl (C=O) groups excluding carboxylic acids is 2. The third kappa shape index (κ3) is 34.4. The summed E-state index contributed by atoms with van der Waals surface area (Å²) in [6.07, 6.45) is 47.2. The highest BCUT2D eigenvalue weighted by Gasteiger charge is 2.44. The highest BCUT2D eigenvalue weighted by Crippen LogP contribution is 2.22. The minimum atomic E-state index is -1.59. The number of ether oxygens (including phenoxy) is 3. The van der Waals surface area contributed by atoms with Gasteiger partial charge >= 0.3 is 5.97 Å². The van der Waals surface area contributed by atoms with Gasteiger partial charge in [0.1, 0.15) is 24.4 Å². The molecule has 0 radical (unpaired) electrons. The number of unbranched alkanes of at least 4 members (excludes halogenated alkanes) is 19. The molecular formula is C55H95NO10. The maximum Gasteiger partial charge on any atom is 0.305 e. The molecule has 0 aromatic rings. The lowest BCUT2D eigenvalue weighted by Gasteiger charge is -2.40. The first kappa shape index (κ1) is 61.1. The largest absolute Gasteiger partial charge is 0.466 e. The summed E-state index contributed by atoms with van der Waals surface area (Å²) in [5.41, 5.74) is 0. The summed E-state index contributed by atoms with van der Waals surface area (Å²) in [5, 5.41) is 53.9. The van der Waals surface area contributed by atoms with Crippen LogP contribution in [0.2, 0.25) is 0 Å². The molecule has 0 aliphatic carbocycles. The molecular weight excluding hydrogens is 835 g/mol. The molecule has 0 aromatic carbocycles. The minimum absolute atomic E-state index is 0.0556. The van der Waals surface area contributed by atoms with Gasteiger partial charge in [-0.25, -0.2) is 0 Å². The number of amides is 1. The molecule has 0 saturated carbocycles. The second-order valence-corrected chi connectivity index (χ2v) is 17.8. The summed E-state index contributed by atoms with van der Waals surface area (Å²) in [6.45, 7) is 4.13. The molecule has 7 unspecified atom stereocenters. The molecule has 66 heavy (non-hydrogen) atoms. The van der Waals surface area contributed by atoms with E-state index < -0.39 is 49.5 Å². The van der Waals surface area contributed by atoms with Gasteiger partial charge in [-0.15, -0.1) is 0 Å². The smallest absolute Gasteiger partial charge is 0.305 e. The van der Waals surface area contributed by atoms with Crippen LogP contribution in [-0.2, 0) is 23.8 Å². The van der Waals surface area contributed by atoms with Crippen molar-refractivity contribution in [1.82, 2.24) is 5.32 Å². The molecule has 1 heterocycles. The van der Waals surface area contributed by atoms with Gasteiger partial charge in [-0.1, -0.05) is 164 Å². The fourth-order valence-electron chi connectivity index (χ4n) is 7.53. The summed E-state index contributed by atoms with van der Waals surface area (Å²) in [4.78, 5) is 25.0. The van der Waals surface area contributed by atoms with E-state index in [0.717, 1.165) is 77.0 Å². The van der Waals surface area contributed by atoms with Crippen LogP contribution >= 0.6 is 0 Å². The molecule has 1 aliphatic heterocycles. The first-order valence-corrected chi connectivity index (χ1v) is 26.2. The van der Waals surface area contributed by atoms with Crippen molar-refractivity contribution in [3.8, 4) is 0 Å². The molecule has 0 spiro atoms. The van der Waals surface area contributed by atoms with Crippen molar-refractivity contribution in [2.75, 3.05) is 19.8 Å². The monoisotopic (exact) mass is 930 g/mol. The highest BCUT2D eigenvalue weighted by atomic mass is 16.7. The molecule has 1 aliphatic rings. The maximum absolute atomic E-state index is 12.9. The summed E-state index contributed by atoms with van der Waals surface area (Å²) in [6, 6.07) is -0.872. The van der Waals surface area contributed by atoms with E-state index in [2.05, 4.69) is 67.8 Å². The number of aliphatic hydroxyl groups excluding tert-OH is 5. The Labute approximate surface area is 400 Å². The first-order chi connectivity index (χ1) is 32.2. The minimum Gasteiger partial charge on any atom is -0.466 e. The van der Waals surface area contributed by atoms with Crippen LogP contribution in [0.1, 0.15) is 200 Å². The molecule has 1 saturated heterocycles. The topological polar surface area (TPSA) is 175 Å². The quantitative estimate of drug-likeness (QED) is 0.0196.